The summed E-state index contributed by atoms with van der Waals surface area (Å²) in [5, 5.41) is 2.72. The second kappa shape index (κ2) is 5.77. The summed E-state index contributed by atoms with van der Waals surface area (Å²) in [4.78, 5) is 12.0. The summed E-state index contributed by atoms with van der Waals surface area (Å²) in [5.74, 6) is -0.228. The van der Waals surface area contributed by atoms with Gasteiger partial charge in [0.25, 0.3) is 5.91 Å². The molecule has 1 saturated heterocycles. The van der Waals surface area contributed by atoms with Crippen LogP contribution in [-0.2, 0) is 19.0 Å². The van der Waals surface area contributed by atoms with Gasteiger partial charge in [0.15, 0.2) is 12.3 Å². The first kappa shape index (κ1) is 12.0. The van der Waals surface area contributed by atoms with Crippen LogP contribution in [0.5, 0.6) is 0 Å². The van der Waals surface area contributed by atoms with E-state index in [0.717, 1.165) is 5.56 Å². The van der Waals surface area contributed by atoms with Crippen molar-refractivity contribution in [2.75, 3.05) is 20.5 Å². The van der Waals surface area contributed by atoms with Gasteiger partial charge in [-0.2, -0.15) is 0 Å². The van der Waals surface area contributed by atoms with Crippen molar-refractivity contribution in [1.82, 2.24) is 5.32 Å². The number of hydrogen-bond acceptors (Lipinski definition) is 4. The fourth-order valence-electron chi connectivity index (χ4n) is 1.67. The Morgan fingerprint density at radius 1 is 1.47 bits per heavy atom. The highest BCUT2D eigenvalue weighted by molar-refractivity contribution is 5.82. The molecule has 5 heteroatoms. The summed E-state index contributed by atoms with van der Waals surface area (Å²) in [6.45, 7) is 0.588. The summed E-state index contributed by atoms with van der Waals surface area (Å²) >= 11 is 0. The summed E-state index contributed by atoms with van der Waals surface area (Å²) in [5.41, 5.74) is 0.811. The number of hydrogen-bond donors (Lipinski definition) is 1. The Morgan fingerprint density at radius 2 is 2.24 bits per heavy atom. The first-order valence-corrected chi connectivity index (χ1v) is 5.38. The lowest BCUT2D eigenvalue weighted by atomic mass is 10.1. The van der Waals surface area contributed by atoms with E-state index in [2.05, 4.69) is 5.32 Å². The Bertz CT molecular complexity index is 362. The summed E-state index contributed by atoms with van der Waals surface area (Å²) < 4.78 is 15.3. The Hall–Kier alpha value is -1.43. The highest BCUT2D eigenvalue weighted by Crippen LogP contribution is 2.16. The first-order chi connectivity index (χ1) is 8.31. The minimum atomic E-state index is -0.625. The minimum Gasteiger partial charge on any atom is -0.367 e. The molecular weight excluding hydrogens is 222 g/mol. The first-order valence-electron chi connectivity index (χ1n) is 5.38. The lowest BCUT2D eigenvalue weighted by Crippen LogP contribution is -2.39. The molecule has 2 atom stereocenters. The van der Waals surface area contributed by atoms with E-state index >= 15 is 0 Å². The van der Waals surface area contributed by atoms with E-state index in [1.807, 2.05) is 30.3 Å². The summed E-state index contributed by atoms with van der Waals surface area (Å²) in [6, 6.07) is 9.31. The lowest BCUT2D eigenvalue weighted by molar-refractivity contribution is -0.134. The van der Waals surface area contributed by atoms with Gasteiger partial charge in [0.2, 0.25) is 0 Å². The highest BCUT2D eigenvalue weighted by atomic mass is 16.7. The van der Waals surface area contributed by atoms with Crippen LogP contribution in [0, 0.1) is 0 Å². The zero-order chi connectivity index (χ0) is 12.1. The van der Waals surface area contributed by atoms with Gasteiger partial charge < -0.3 is 19.5 Å². The smallest absolute Gasteiger partial charge is 0.255 e. The molecule has 92 valence electrons. The molecule has 0 spiro atoms. The molecule has 2 unspecified atom stereocenters. The molecule has 0 saturated carbocycles. The van der Waals surface area contributed by atoms with Gasteiger partial charge in [-0.05, 0) is 5.56 Å². The second-order valence-electron chi connectivity index (χ2n) is 3.68. The molecule has 17 heavy (non-hydrogen) atoms. The minimum absolute atomic E-state index is 0.216. The van der Waals surface area contributed by atoms with E-state index < -0.39 is 6.10 Å². The predicted octanol–water partition coefficient (Wildman–Crippen LogP) is 0.821. The molecule has 0 bridgehead atoms. The SMILES string of the molecule is COC(C(=O)NC1COCO1)c1ccccc1. The number of carbonyl (C=O) groups excluding carboxylic acids is 1. The number of ether oxygens (including phenoxy) is 3. The van der Waals surface area contributed by atoms with Crippen molar-refractivity contribution in [3.05, 3.63) is 35.9 Å². The highest BCUT2D eigenvalue weighted by Gasteiger charge is 2.25. The number of rotatable bonds is 4. The maximum atomic E-state index is 12.0. The zero-order valence-corrected chi connectivity index (χ0v) is 9.59. The van der Waals surface area contributed by atoms with Gasteiger partial charge in [-0.1, -0.05) is 30.3 Å². The Morgan fingerprint density at radius 3 is 2.82 bits per heavy atom. The van der Waals surface area contributed by atoms with Crippen molar-refractivity contribution < 1.29 is 19.0 Å². The zero-order valence-electron chi connectivity index (χ0n) is 9.59. The molecule has 2 rings (SSSR count). The molecule has 1 aromatic rings. The summed E-state index contributed by atoms with van der Waals surface area (Å²) in [7, 11) is 1.50. The monoisotopic (exact) mass is 237 g/mol. The van der Waals surface area contributed by atoms with Crippen molar-refractivity contribution in [3.63, 3.8) is 0 Å². The van der Waals surface area contributed by atoms with Crippen molar-refractivity contribution in [3.8, 4) is 0 Å². The van der Waals surface area contributed by atoms with Gasteiger partial charge in [0.05, 0.1) is 6.61 Å². The van der Waals surface area contributed by atoms with E-state index in [9.17, 15) is 4.79 Å². The van der Waals surface area contributed by atoms with Crippen LogP contribution in [0.1, 0.15) is 11.7 Å². The topological polar surface area (TPSA) is 56.8 Å². The van der Waals surface area contributed by atoms with Crippen LogP contribution in [0.15, 0.2) is 30.3 Å². The molecule has 1 aliphatic heterocycles. The third-order valence-corrected chi connectivity index (χ3v) is 2.50. The molecule has 5 nitrogen and oxygen atoms in total. The van der Waals surface area contributed by atoms with Gasteiger partial charge in [-0.15, -0.1) is 0 Å². The fourth-order valence-corrected chi connectivity index (χ4v) is 1.67. The molecular formula is C12H15NO4. The van der Waals surface area contributed by atoms with Crippen LogP contribution in [0.25, 0.3) is 0 Å². The Balaban J connectivity index is 2.00. The van der Waals surface area contributed by atoms with E-state index in [4.69, 9.17) is 14.2 Å². The van der Waals surface area contributed by atoms with E-state index in [-0.39, 0.29) is 18.9 Å². The standard InChI is InChI=1S/C12H15NO4/c1-15-11(9-5-3-2-4-6-9)12(14)13-10-7-16-8-17-10/h2-6,10-11H,7-8H2,1H3,(H,13,14). The van der Waals surface area contributed by atoms with Crippen LogP contribution in [0.2, 0.25) is 0 Å². The van der Waals surface area contributed by atoms with Gasteiger partial charge in [0.1, 0.15) is 6.79 Å². The van der Waals surface area contributed by atoms with Crippen molar-refractivity contribution in [1.29, 1.82) is 0 Å². The molecule has 1 aromatic carbocycles. The van der Waals surface area contributed by atoms with Gasteiger partial charge in [0, 0.05) is 7.11 Å². The van der Waals surface area contributed by atoms with E-state index in [1.165, 1.54) is 7.11 Å². The molecule has 1 N–H and O–H groups in total. The van der Waals surface area contributed by atoms with Gasteiger partial charge >= 0.3 is 0 Å². The largest absolute Gasteiger partial charge is 0.367 e. The van der Waals surface area contributed by atoms with E-state index in [1.54, 1.807) is 0 Å². The number of amides is 1. The van der Waals surface area contributed by atoms with Crippen molar-refractivity contribution in [2.24, 2.45) is 0 Å². The molecule has 0 aromatic heterocycles. The maximum absolute atomic E-state index is 12.0. The molecule has 0 aliphatic carbocycles. The van der Waals surface area contributed by atoms with Crippen LogP contribution in [0.4, 0.5) is 0 Å². The fraction of sp³-hybridized carbons (Fsp3) is 0.417. The quantitative estimate of drug-likeness (QED) is 0.842. The normalized spacial score (nSPS) is 21.1. The molecule has 1 aliphatic rings. The van der Waals surface area contributed by atoms with Crippen LogP contribution in [-0.4, -0.2) is 32.6 Å². The number of nitrogens with one attached hydrogen (secondary N) is 1. The van der Waals surface area contributed by atoms with E-state index in [0.29, 0.717) is 6.61 Å². The Labute approximate surface area is 99.7 Å². The Kier molecular flexibility index (Phi) is 4.08. The maximum Gasteiger partial charge on any atom is 0.255 e. The lowest BCUT2D eigenvalue weighted by Gasteiger charge is -2.17. The second-order valence-corrected chi connectivity index (χ2v) is 3.68. The third-order valence-electron chi connectivity index (χ3n) is 2.50. The van der Waals surface area contributed by atoms with Gasteiger partial charge in [-0.3, -0.25) is 4.79 Å². The van der Waals surface area contributed by atoms with Crippen LogP contribution in [0.3, 0.4) is 0 Å². The molecule has 1 fully saturated rings. The number of carbonyl (C=O) groups is 1. The van der Waals surface area contributed by atoms with Crippen LogP contribution >= 0.6 is 0 Å². The molecule has 0 radical (unpaired) electrons. The predicted molar refractivity (Wildman–Crippen MR) is 60.0 cm³/mol. The average molecular weight is 237 g/mol. The molecule has 1 heterocycles. The number of methoxy groups -OCH3 is 1. The van der Waals surface area contributed by atoms with Gasteiger partial charge in [-0.25, -0.2) is 0 Å². The van der Waals surface area contributed by atoms with Crippen molar-refractivity contribution in [2.45, 2.75) is 12.3 Å². The van der Waals surface area contributed by atoms with Crippen LogP contribution < -0.4 is 5.32 Å². The average Bonchev–Trinajstić information content (AvgIpc) is 2.84. The molecule has 1 amide bonds. The number of benzene rings is 1. The van der Waals surface area contributed by atoms with Crippen molar-refractivity contribution >= 4 is 5.91 Å². The third kappa shape index (κ3) is 3.03. The summed E-state index contributed by atoms with van der Waals surface area (Å²) in [6.07, 6.45) is -1.01.